The summed E-state index contributed by atoms with van der Waals surface area (Å²) in [5.41, 5.74) is -0.510. The fraction of sp³-hybridized carbons (Fsp3) is 0.846. The van der Waals surface area contributed by atoms with E-state index in [9.17, 15) is 9.59 Å². The highest BCUT2D eigenvalue weighted by atomic mass is 16.5. The summed E-state index contributed by atoms with van der Waals surface area (Å²) in [4.78, 5) is 22.2. The Kier molecular flexibility index (Phi) is 7.59. The second kappa shape index (κ2) is 8.08. The summed E-state index contributed by atoms with van der Waals surface area (Å²) in [5.74, 6) is -0.982. The van der Waals surface area contributed by atoms with E-state index in [0.717, 1.165) is 6.42 Å². The van der Waals surface area contributed by atoms with E-state index in [4.69, 9.17) is 9.84 Å². The highest BCUT2D eigenvalue weighted by Gasteiger charge is 2.24. The molecule has 0 unspecified atom stereocenters. The average Bonchev–Trinajstić information content (AvgIpc) is 2.13. The number of amides is 1. The quantitative estimate of drug-likeness (QED) is 0.619. The van der Waals surface area contributed by atoms with E-state index in [1.807, 2.05) is 13.8 Å². The lowest BCUT2D eigenvalue weighted by Crippen LogP contribution is -2.31. The van der Waals surface area contributed by atoms with Crippen molar-refractivity contribution in [2.75, 3.05) is 13.2 Å². The van der Waals surface area contributed by atoms with Crippen LogP contribution in [0, 0.1) is 5.41 Å². The summed E-state index contributed by atoms with van der Waals surface area (Å²) >= 11 is 0. The Morgan fingerprint density at radius 2 is 1.89 bits per heavy atom. The van der Waals surface area contributed by atoms with Crippen molar-refractivity contribution in [1.82, 2.24) is 5.32 Å². The number of nitrogens with one attached hydrogen (secondary N) is 1. The van der Waals surface area contributed by atoms with E-state index >= 15 is 0 Å². The second-order valence-corrected chi connectivity index (χ2v) is 5.53. The molecule has 0 aromatic rings. The van der Waals surface area contributed by atoms with Crippen molar-refractivity contribution < 1.29 is 19.4 Å². The van der Waals surface area contributed by atoms with Gasteiger partial charge in [-0.25, -0.2) is 0 Å². The van der Waals surface area contributed by atoms with Crippen LogP contribution in [0.15, 0.2) is 0 Å². The van der Waals surface area contributed by atoms with Gasteiger partial charge >= 0.3 is 5.97 Å². The van der Waals surface area contributed by atoms with Crippen molar-refractivity contribution in [3.05, 3.63) is 0 Å². The van der Waals surface area contributed by atoms with Crippen LogP contribution < -0.4 is 5.32 Å². The number of carbonyl (C=O) groups excluding carboxylic acids is 1. The van der Waals surface area contributed by atoms with E-state index in [-0.39, 0.29) is 24.9 Å². The number of ether oxygens (including phenoxy) is 1. The molecule has 18 heavy (non-hydrogen) atoms. The van der Waals surface area contributed by atoms with Gasteiger partial charge in [0.25, 0.3) is 0 Å². The van der Waals surface area contributed by atoms with Crippen LogP contribution >= 0.6 is 0 Å². The van der Waals surface area contributed by atoms with Crippen LogP contribution in [0.25, 0.3) is 0 Å². The van der Waals surface area contributed by atoms with Gasteiger partial charge in [-0.2, -0.15) is 0 Å². The minimum atomic E-state index is -0.877. The maximum absolute atomic E-state index is 11.6. The van der Waals surface area contributed by atoms with E-state index in [1.54, 1.807) is 13.8 Å². The first kappa shape index (κ1) is 16.9. The SMILES string of the molecule is CC(C)OCCCNC(=O)CC(C)(C)CC(=O)O. The molecule has 5 heteroatoms. The Morgan fingerprint density at radius 1 is 1.28 bits per heavy atom. The van der Waals surface area contributed by atoms with Crippen LogP contribution in [0.2, 0.25) is 0 Å². The molecule has 0 aromatic carbocycles. The topological polar surface area (TPSA) is 75.6 Å². The van der Waals surface area contributed by atoms with Crippen molar-refractivity contribution >= 4 is 11.9 Å². The Bertz CT molecular complexity index is 274. The Balaban J connectivity index is 3.74. The summed E-state index contributed by atoms with van der Waals surface area (Å²) in [6.45, 7) is 8.68. The van der Waals surface area contributed by atoms with Crippen LogP contribution in [0.5, 0.6) is 0 Å². The fourth-order valence-corrected chi connectivity index (χ4v) is 1.59. The predicted molar refractivity (Wildman–Crippen MR) is 69.4 cm³/mol. The van der Waals surface area contributed by atoms with Crippen molar-refractivity contribution in [3.63, 3.8) is 0 Å². The highest BCUT2D eigenvalue weighted by molar-refractivity contribution is 5.77. The number of rotatable bonds is 9. The van der Waals surface area contributed by atoms with E-state index < -0.39 is 11.4 Å². The first-order valence-electron chi connectivity index (χ1n) is 6.33. The number of hydrogen-bond acceptors (Lipinski definition) is 3. The molecule has 0 saturated heterocycles. The maximum Gasteiger partial charge on any atom is 0.303 e. The normalized spacial score (nSPS) is 11.6. The van der Waals surface area contributed by atoms with Crippen molar-refractivity contribution in [2.45, 2.75) is 53.1 Å². The maximum atomic E-state index is 11.6. The Labute approximate surface area is 109 Å². The van der Waals surface area contributed by atoms with Gasteiger partial charge in [-0.05, 0) is 25.7 Å². The zero-order valence-corrected chi connectivity index (χ0v) is 11.8. The summed E-state index contributed by atoms with van der Waals surface area (Å²) in [6, 6.07) is 0. The molecule has 0 bridgehead atoms. The van der Waals surface area contributed by atoms with Gasteiger partial charge < -0.3 is 15.2 Å². The molecule has 0 aliphatic carbocycles. The molecule has 0 aliphatic rings. The summed E-state index contributed by atoms with van der Waals surface area (Å²) < 4.78 is 5.35. The fourth-order valence-electron chi connectivity index (χ4n) is 1.59. The molecule has 0 spiro atoms. The monoisotopic (exact) mass is 259 g/mol. The lowest BCUT2D eigenvalue weighted by atomic mass is 9.85. The molecule has 0 rings (SSSR count). The number of carboxylic acid groups (broad SMARTS) is 1. The van der Waals surface area contributed by atoms with Gasteiger partial charge in [0.15, 0.2) is 0 Å². The second-order valence-electron chi connectivity index (χ2n) is 5.53. The zero-order chi connectivity index (χ0) is 14.2. The highest BCUT2D eigenvalue weighted by Crippen LogP contribution is 2.24. The minimum absolute atomic E-state index is 0.00309. The summed E-state index contributed by atoms with van der Waals surface area (Å²) in [5, 5.41) is 11.5. The van der Waals surface area contributed by atoms with E-state index in [0.29, 0.717) is 13.2 Å². The van der Waals surface area contributed by atoms with Crippen LogP contribution in [-0.2, 0) is 14.3 Å². The molecular weight excluding hydrogens is 234 g/mol. The van der Waals surface area contributed by atoms with Gasteiger partial charge in [0.2, 0.25) is 5.91 Å². The molecule has 5 nitrogen and oxygen atoms in total. The van der Waals surface area contributed by atoms with Crippen LogP contribution in [-0.4, -0.2) is 36.2 Å². The molecule has 2 N–H and O–H groups in total. The third kappa shape index (κ3) is 10.1. The molecule has 0 heterocycles. The van der Waals surface area contributed by atoms with Gasteiger partial charge in [0, 0.05) is 19.6 Å². The third-order valence-corrected chi connectivity index (χ3v) is 2.36. The first-order chi connectivity index (χ1) is 8.23. The minimum Gasteiger partial charge on any atom is -0.481 e. The zero-order valence-electron chi connectivity index (χ0n) is 11.8. The predicted octanol–water partition coefficient (Wildman–Crippen LogP) is 1.81. The summed E-state index contributed by atoms with van der Waals surface area (Å²) in [6.07, 6.45) is 1.19. The Morgan fingerprint density at radius 3 is 2.39 bits per heavy atom. The molecule has 0 atom stereocenters. The van der Waals surface area contributed by atoms with Crippen molar-refractivity contribution in [1.29, 1.82) is 0 Å². The Hall–Kier alpha value is -1.10. The standard InChI is InChI=1S/C13H25NO4/c1-10(2)18-7-5-6-14-11(15)8-13(3,4)9-12(16)17/h10H,5-9H2,1-4H3,(H,14,15)(H,16,17). The van der Waals surface area contributed by atoms with E-state index in [2.05, 4.69) is 5.32 Å². The van der Waals surface area contributed by atoms with Gasteiger partial charge in [-0.3, -0.25) is 9.59 Å². The lowest BCUT2D eigenvalue weighted by molar-refractivity contribution is -0.139. The molecule has 0 fully saturated rings. The lowest BCUT2D eigenvalue weighted by Gasteiger charge is -2.21. The third-order valence-electron chi connectivity index (χ3n) is 2.36. The molecular formula is C13H25NO4. The van der Waals surface area contributed by atoms with Crippen molar-refractivity contribution in [3.8, 4) is 0 Å². The summed E-state index contributed by atoms with van der Waals surface area (Å²) in [7, 11) is 0. The van der Waals surface area contributed by atoms with Gasteiger partial charge in [-0.1, -0.05) is 13.8 Å². The molecule has 0 radical (unpaired) electrons. The number of carboxylic acids is 1. The first-order valence-corrected chi connectivity index (χ1v) is 6.33. The van der Waals surface area contributed by atoms with Crippen LogP contribution in [0.4, 0.5) is 0 Å². The number of carbonyl (C=O) groups is 2. The van der Waals surface area contributed by atoms with Crippen molar-refractivity contribution in [2.24, 2.45) is 5.41 Å². The van der Waals surface area contributed by atoms with Crippen LogP contribution in [0.1, 0.15) is 47.0 Å². The number of hydrogen-bond donors (Lipinski definition) is 2. The van der Waals surface area contributed by atoms with Gasteiger partial charge in [-0.15, -0.1) is 0 Å². The van der Waals surface area contributed by atoms with E-state index in [1.165, 1.54) is 0 Å². The molecule has 0 aliphatic heterocycles. The smallest absolute Gasteiger partial charge is 0.303 e. The molecule has 1 amide bonds. The van der Waals surface area contributed by atoms with Crippen LogP contribution in [0.3, 0.4) is 0 Å². The number of aliphatic carboxylic acids is 1. The van der Waals surface area contributed by atoms with Gasteiger partial charge in [0.05, 0.1) is 12.5 Å². The molecule has 106 valence electrons. The van der Waals surface area contributed by atoms with Gasteiger partial charge in [0.1, 0.15) is 0 Å². The molecule has 0 aromatic heterocycles. The molecule has 0 saturated carbocycles. The largest absolute Gasteiger partial charge is 0.481 e. The average molecular weight is 259 g/mol.